The molecule has 4 rings (SSSR count). The van der Waals surface area contributed by atoms with Gasteiger partial charge in [-0.25, -0.2) is 9.79 Å². The predicted molar refractivity (Wildman–Crippen MR) is 86.2 cm³/mol. The molecule has 0 radical (unpaired) electrons. The minimum Gasteiger partial charge on any atom is -0.432 e. The van der Waals surface area contributed by atoms with Crippen LogP contribution in [0.15, 0.2) is 76.3 Å². The minimum atomic E-state index is -0.507. The molecular formula is C19H15NO2. The third-order valence-electron chi connectivity index (χ3n) is 3.99. The van der Waals surface area contributed by atoms with Crippen LogP contribution in [0.1, 0.15) is 12.5 Å². The molecule has 1 aliphatic carbocycles. The molecule has 22 heavy (non-hydrogen) atoms. The molecule has 108 valence electrons. The number of benzene rings is 1. The number of allylic oxidation sites excluding steroid dienone is 5. The fourth-order valence-corrected chi connectivity index (χ4v) is 2.88. The molecule has 2 atom stereocenters. The number of hydrogen-bond donors (Lipinski definition) is 0. The van der Waals surface area contributed by atoms with E-state index in [-0.39, 0.29) is 5.97 Å². The van der Waals surface area contributed by atoms with Gasteiger partial charge in [0.2, 0.25) is 6.23 Å². The Labute approximate surface area is 129 Å². The highest BCUT2D eigenvalue weighted by Gasteiger charge is 2.37. The summed E-state index contributed by atoms with van der Waals surface area (Å²) in [5.41, 5.74) is 4.39. The van der Waals surface area contributed by atoms with Crippen LogP contribution in [0.4, 0.5) is 0 Å². The second-order valence-electron chi connectivity index (χ2n) is 5.68. The standard InChI is InChI=1S/C19H15NO2/c1-12-7-8-17-14(9-12)11-15-16(19(21)22-18(15)20-17)10-13-5-3-2-4-6-13/h2-12,18H,1H3/b16-10-. The molecule has 0 N–H and O–H groups in total. The Bertz CT molecular complexity index is 794. The van der Waals surface area contributed by atoms with E-state index < -0.39 is 6.23 Å². The van der Waals surface area contributed by atoms with Crippen LogP contribution in [0, 0.1) is 5.92 Å². The molecule has 2 aliphatic heterocycles. The monoisotopic (exact) mass is 289 g/mol. The molecule has 3 heteroatoms. The SMILES string of the molecule is CC1C=CC2=NC3OC(=O)/C(=C\c4ccccc4)C3=CC2=C1. The Kier molecular flexibility index (Phi) is 2.93. The summed E-state index contributed by atoms with van der Waals surface area (Å²) in [5.74, 6) is 0.0719. The van der Waals surface area contributed by atoms with Crippen molar-refractivity contribution < 1.29 is 9.53 Å². The first-order chi connectivity index (χ1) is 10.7. The summed E-state index contributed by atoms with van der Waals surface area (Å²) >= 11 is 0. The van der Waals surface area contributed by atoms with Gasteiger partial charge in [0.25, 0.3) is 0 Å². The van der Waals surface area contributed by atoms with Gasteiger partial charge in [-0.2, -0.15) is 0 Å². The first-order valence-corrected chi connectivity index (χ1v) is 7.38. The maximum absolute atomic E-state index is 12.2. The lowest BCUT2D eigenvalue weighted by Gasteiger charge is -2.19. The van der Waals surface area contributed by atoms with Gasteiger partial charge in [-0.15, -0.1) is 0 Å². The molecule has 3 aliphatic rings. The Balaban J connectivity index is 1.77. The van der Waals surface area contributed by atoms with E-state index in [1.807, 2.05) is 48.6 Å². The zero-order chi connectivity index (χ0) is 15.1. The number of fused-ring (bicyclic) bond motifs is 2. The molecule has 0 amide bonds. The highest BCUT2D eigenvalue weighted by atomic mass is 16.6. The van der Waals surface area contributed by atoms with Crippen LogP contribution in [-0.2, 0) is 9.53 Å². The molecule has 0 aromatic heterocycles. The zero-order valence-corrected chi connectivity index (χ0v) is 12.2. The molecule has 0 spiro atoms. The molecule has 1 aromatic rings. The van der Waals surface area contributed by atoms with Crippen molar-refractivity contribution in [1.82, 2.24) is 0 Å². The van der Waals surface area contributed by atoms with Crippen LogP contribution < -0.4 is 0 Å². The lowest BCUT2D eigenvalue weighted by molar-refractivity contribution is -0.138. The summed E-state index contributed by atoms with van der Waals surface area (Å²) in [6.07, 6.45) is 9.65. The molecule has 1 aromatic carbocycles. The number of dihydropyridines is 1. The average Bonchev–Trinajstić information content (AvgIpc) is 2.81. The molecule has 0 saturated carbocycles. The van der Waals surface area contributed by atoms with E-state index in [2.05, 4.69) is 24.1 Å². The summed E-state index contributed by atoms with van der Waals surface area (Å²) in [5, 5.41) is 0. The van der Waals surface area contributed by atoms with E-state index in [1.165, 1.54) is 0 Å². The van der Waals surface area contributed by atoms with Crippen LogP contribution in [0.25, 0.3) is 6.08 Å². The largest absolute Gasteiger partial charge is 0.432 e. The maximum atomic E-state index is 12.2. The van der Waals surface area contributed by atoms with Crippen molar-refractivity contribution in [3.8, 4) is 0 Å². The quantitative estimate of drug-likeness (QED) is 0.586. The smallest absolute Gasteiger partial charge is 0.340 e. The van der Waals surface area contributed by atoms with Crippen LogP contribution in [0.5, 0.6) is 0 Å². The van der Waals surface area contributed by atoms with E-state index in [4.69, 9.17) is 4.74 Å². The van der Waals surface area contributed by atoms with Crippen molar-refractivity contribution in [2.75, 3.05) is 0 Å². The summed E-state index contributed by atoms with van der Waals surface area (Å²) in [6.45, 7) is 2.13. The van der Waals surface area contributed by atoms with Crippen molar-refractivity contribution >= 4 is 17.8 Å². The van der Waals surface area contributed by atoms with Crippen molar-refractivity contribution in [3.63, 3.8) is 0 Å². The fourth-order valence-electron chi connectivity index (χ4n) is 2.88. The molecule has 2 heterocycles. The average molecular weight is 289 g/mol. The Hall–Kier alpha value is -2.68. The van der Waals surface area contributed by atoms with Crippen molar-refractivity contribution in [2.45, 2.75) is 13.2 Å². The number of ether oxygens (including phenoxy) is 1. The zero-order valence-electron chi connectivity index (χ0n) is 12.2. The lowest BCUT2D eigenvalue weighted by atomic mass is 9.91. The molecular weight excluding hydrogens is 274 g/mol. The Morgan fingerprint density at radius 3 is 2.86 bits per heavy atom. The number of aliphatic imine (C=N–C) groups is 1. The number of nitrogens with zero attached hydrogens (tertiary/aromatic N) is 1. The molecule has 0 bridgehead atoms. The summed E-state index contributed by atoms with van der Waals surface area (Å²) in [4.78, 5) is 16.7. The van der Waals surface area contributed by atoms with E-state index in [9.17, 15) is 4.79 Å². The second kappa shape index (κ2) is 4.95. The van der Waals surface area contributed by atoms with Gasteiger partial charge in [-0.3, -0.25) is 0 Å². The summed E-state index contributed by atoms with van der Waals surface area (Å²) in [6, 6.07) is 9.79. The van der Waals surface area contributed by atoms with Crippen LogP contribution >= 0.6 is 0 Å². The van der Waals surface area contributed by atoms with E-state index in [1.54, 1.807) is 0 Å². The fraction of sp³-hybridized carbons (Fsp3) is 0.158. The molecule has 1 fully saturated rings. The van der Waals surface area contributed by atoms with E-state index in [0.29, 0.717) is 11.5 Å². The molecule has 1 saturated heterocycles. The summed E-state index contributed by atoms with van der Waals surface area (Å²) < 4.78 is 5.40. The van der Waals surface area contributed by atoms with Gasteiger partial charge in [-0.05, 0) is 35.3 Å². The number of rotatable bonds is 1. The third-order valence-corrected chi connectivity index (χ3v) is 3.99. The third kappa shape index (κ3) is 2.15. The van der Waals surface area contributed by atoms with Gasteiger partial charge in [0.05, 0.1) is 11.3 Å². The number of hydrogen-bond acceptors (Lipinski definition) is 3. The van der Waals surface area contributed by atoms with E-state index >= 15 is 0 Å². The maximum Gasteiger partial charge on any atom is 0.340 e. The van der Waals surface area contributed by atoms with Gasteiger partial charge in [0.1, 0.15) is 0 Å². The van der Waals surface area contributed by atoms with Gasteiger partial charge >= 0.3 is 5.97 Å². The van der Waals surface area contributed by atoms with E-state index in [0.717, 1.165) is 22.4 Å². The van der Waals surface area contributed by atoms with Gasteiger partial charge in [0.15, 0.2) is 0 Å². The second-order valence-corrected chi connectivity index (χ2v) is 5.68. The lowest BCUT2D eigenvalue weighted by Crippen LogP contribution is -2.17. The Morgan fingerprint density at radius 2 is 2.05 bits per heavy atom. The van der Waals surface area contributed by atoms with Gasteiger partial charge < -0.3 is 4.74 Å². The molecule has 3 nitrogen and oxygen atoms in total. The predicted octanol–water partition coefficient (Wildman–Crippen LogP) is 3.47. The number of carbonyl (C=O) groups is 1. The van der Waals surface area contributed by atoms with Gasteiger partial charge in [0, 0.05) is 5.57 Å². The minimum absolute atomic E-state index is 0.305. The highest BCUT2D eigenvalue weighted by Crippen LogP contribution is 2.35. The Morgan fingerprint density at radius 1 is 1.23 bits per heavy atom. The molecule has 2 unspecified atom stereocenters. The topological polar surface area (TPSA) is 38.7 Å². The first kappa shape index (κ1) is 13.0. The normalized spacial score (nSPS) is 27.6. The summed E-state index contributed by atoms with van der Waals surface area (Å²) in [7, 11) is 0. The van der Waals surface area contributed by atoms with Crippen LogP contribution in [0.3, 0.4) is 0 Å². The van der Waals surface area contributed by atoms with Crippen LogP contribution in [-0.4, -0.2) is 17.9 Å². The number of carbonyl (C=O) groups excluding carboxylic acids is 1. The van der Waals surface area contributed by atoms with Crippen molar-refractivity contribution in [3.05, 3.63) is 76.9 Å². The highest BCUT2D eigenvalue weighted by molar-refractivity contribution is 6.14. The first-order valence-electron chi connectivity index (χ1n) is 7.38. The van der Waals surface area contributed by atoms with Crippen molar-refractivity contribution in [2.24, 2.45) is 10.9 Å². The number of esters is 1. The van der Waals surface area contributed by atoms with Gasteiger partial charge in [-0.1, -0.05) is 49.4 Å². The van der Waals surface area contributed by atoms with Crippen LogP contribution in [0.2, 0.25) is 0 Å². The van der Waals surface area contributed by atoms with Crippen molar-refractivity contribution in [1.29, 1.82) is 0 Å².